The minimum Gasteiger partial charge on any atom is -0.325 e. The van der Waals surface area contributed by atoms with Crippen LogP contribution in [0, 0.1) is 5.92 Å². The Morgan fingerprint density at radius 3 is 2.68 bits per heavy atom. The number of fused-ring (bicyclic) bond motifs is 1. The van der Waals surface area contributed by atoms with Crippen molar-refractivity contribution in [2.45, 2.75) is 38.9 Å². The lowest BCUT2D eigenvalue weighted by Crippen LogP contribution is -2.25. The van der Waals surface area contributed by atoms with Gasteiger partial charge < -0.3 is 5.32 Å². The Labute approximate surface area is 190 Å². The molecule has 0 aliphatic rings. The molecule has 1 amide bonds. The molecule has 1 N–H and O–H groups in total. The SMILES string of the molecule is CC(=O)c1cccc(NC(=O)CSc2nc3cc(Cl)ccc3c(=O)n2CCC(C)C)c1. The zero-order chi connectivity index (χ0) is 22.5. The van der Waals surface area contributed by atoms with Gasteiger partial charge in [-0.25, -0.2) is 4.98 Å². The van der Waals surface area contributed by atoms with Crippen molar-refractivity contribution in [1.29, 1.82) is 0 Å². The highest BCUT2D eigenvalue weighted by molar-refractivity contribution is 7.99. The van der Waals surface area contributed by atoms with Crippen LogP contribution in [-0.4, -0.2) is 27.0 Å². The van der Waals surface area contributed by atoms with E-state index in [4.69, 9.17) is 11.6 Å². The summed E-state index contributed by atoms with van der Waals surface area (Å²) in [4.78, 5) is 41.7. The molecular formula is C23H24ClN3O3S. The summed E-state index contributed by atoms with van der Waals surface area (Å²) in [6.45, 7) is 6.18. The summed E-state index contributed by atoms with van der Waals surface area (Å²) in [6.07, 6.45) is 0.818. The average Bonchev–Trinajstić information content (AvgIpc) is 2.71. The largest absolute Gasteiger partial charge is 0.325 e. The zero-order valence-electron chi connectivity index (χ0n) is 17.6. The summed E-state index contributed by atoms with van der Waals surface area (Å²) in [6, 6.07) is 11.8. The Morgan fingerprint density at radius 2 is 1.97 bits per heavy atom. The molecule has 162 valence electrons. The number of amides is 1. The number of hydrogen-bond acceptors (Lipinski definition) is 5. The van der Waals surface area contributed by atoms with Crippen molar-refractivity contribution >= 4 is 51.6 Å². The first kappa shape index (κ1) is 23.0. The predicted molar refractivity (Wildman–Crippen MR) is 126 cm³/mol. The number of ketones is 1. The van der Waals surface area contributed by atoms with Gasteiger partial charge >= 0.3 is 0 Å². The topological polar surface area (TPSA) is 81.1 Å². The number of carbonyl (C=O) groups excluding carboxylic acids is 2. The van der Waals surface area contributed by atoms with Gasteiger partial charge in [-0.15, -0.1) is 0 Å². The monoisotopic (exact) mass is 457 g/mol. The fourth-order valence-corrected chi connectivity index (χ4v) is 4.00. The van der Waals surface area contributed by atoms with Crippen molar-refractivity contribution in [3.63, 3.8) is 0 Å². The standard InChI is InChI=1S/C23H24ClN3O3S/c1-14(2)9-10-27-22(30)19-8-7-17(24)12-20(19)26-23(27)31-13-21(29)25-18-6-4-5-16(11-18)15(3)28/h4-8,11-12,14H,9-10,13H2,1-3H3,(H,25,29). The van der Waals surface area contributed by atoms with E-state index in [0.29, 0.717) is 44.8 Å². The molecule has 0 spiro atoms. The smallest absolute Gasteiger partial charge is 0.262 e. The second-order valence-electron chi connectivity index (χ2n) is 7.67. The maximum absolute atomic E-state index is 13.0. The van der Waals surface area contributed by atoms with Crippen LogP contribution >= 0.6 is 23.4 Å². The number of nitrogens with one attached hydrogen (secondary N) is 1. The highest BCUT2D eigenvalue weighted by atomic mass is 35.5. The van der Waals surface area contributed by atoms with E-state index in [1.54, 1.807) is 47.0 Å². The third-order valence-electron chi connectivity index (χ3n) is 4.70. The molecule has 1 aromatic heterocycles. The van der Waals surface area contributed by atoms with E-state index in [1.807, 2.05) is 0 Å². The summed E-state index contributed by atoms with van der Waals surface area (Å²) in [7, 11) is 0. The third kappa shape index (κ3) is 5.95. The van der Waals surface area contributed by atoms with E-state index >= 15 is 0 Å². The fraction of sp³-hybridized carbons (Fsp3) is 0.304. The van der Waals surface area contributed by atoms with Gasteiger partial charge in [0.2, 0.25) is 5.91 Å². The van der Waals surface area contributed by atoms with Crippen LogP contribution < -0.4 is 10.9 Å². The minimum atomic E-state index is -0.249. The van der Waals surface area contributed by atoms with Crippen LogP contribution in [-0.2, 0) is 11.3 Å². The van der Waals surface area contributed by atoms with Gasteiger partial charge in [-0.05, 0) is 49.6 Å². The van der Waals surface area contributed by atoms with Gasteiger partial charge in [0.15, 0.2) is 10.9 Å². The zero-order valence-corrected chi connectivity index (χ0v) is 19.2. The summed E-state index contributed by atoms with van der Waals surface area (Å²) in [5, 5.41) is 4.27. The number of Topliss-reactive ketones (excluding diaryl/α,β-unsaturated/α-hetero) is 1. The highest BCUT2D eigenvalue weighted by Crippen LogP contribution is 2.22. The Hall–Kier alpha value is -2.64. The number of aromatic nitrogens is 2. The molecule has 0 unspecified atom stereocenters. The van der Waals surface area contributed by atoms with Crippen LogP contribution in [0.4, 0.5) is 5.69 Å². The minimum absolute atomic E-state index is 0.0707. The van der Waals surface area contributed by atoms with Crippen LogP contribution in [0.2, 0.25) is 5.02 Å². The molecule has 0 bridgehead atoms. The van der Waals surface area contributed by atoms with Gasteiger partial charge in [0.05, 0.1) is 16.7 Å². The van der Waals surface area contributed by atoms with E-state index in [0.717, 1.165) is 6.42 Å². The fourth-order valence-electron chi connectivity index (χ4n) is 3.01. The van der Waals surface area contributed by atoms with Crippen molar-refractivity contribution in [3.8, 4) is 0 Å². The van der Waals surface area contributed by atoms with Gasteiger partial charge in [0.25, 0.3) is 5.56 Å². The first-order chi connectivity index (χ1) is 14.7. The third-order valence-corrected chi connectivity index (χ3v) is 5.91. The number of anilines is 1. The maximum Gasteiger partial charge on any atom is 0.262 e. The van der Waals surface area contributed by atoms with E-state index in [2.05, 4.69) is 24.1 Å². The molecule has 3 aromatic rings. The number of carbonyl (C=O) groups is 2. The van der Waals surface area contributed by atoms with Crippen molar-refractivity contribution < 1.29 is 9.59 Å². The number of halogens is 1. The van der Waals surface area contributed by atoms with Gasteiger partial charge in [-0.3, -0.25) is 19.0 Å². The summed E-state index contributed by atoms with van der Waals surface area (Å²) >= 11 is 7.28. The molecule has 8 heteroatoms. The van der Waals surface area contributed by atoms with Crippen molar-refractivity contribution in [3.05, 3.63) is 63.4 Å². The molecule has 0 fully saturated rings. The molecule has 31 heavy (non-hydrogen) atoms. The molecule has 0 aliphatic carbocycles. The Balaban J connectivity index is 1.83. The van der Waals surface area contributed by atoms with Crippen molar-refractivity contribution in [2.75, 3.05) is 11.1 Å². The second-order valence-corrected chi connectivity index (χ2v) is 9.05. The van der Waals surface area contributed by atoms with Crippen LogP contribution in [0.15, 0.2) is 52.4 Å². The molecule has 1 heterocycles. The summed E-state index contributed by atoms with van der Waals surface area (Å²) < 4.78 is 1.63. The van der Waals surface area contributed by atoms with Gasteiger partial charge in [0, 0.05) is 22.8 Å². The van der Waals surface area contributed by atoms with Crippen LogP contribution in [0.3, 0.4) is 0 Å². The number of rotatable bonds is 8. The first-order valence-corrected chi connectivity index (χ1v) is 11.3. The van der Waals surface area contributed by atoms with Gasteiger partial charge in [-0.2, -0.15) is 0 Å². The second kappa shape index (κ2) is 10.1. The lowest BCUT2D eigenvalue weighted by molar-refractivity contribution is -0.113. The molecule has 0 radical (unpaired) electrons. The van der Waals surface area contributed by atoms with Crippen LogP contribution in [0.5, 0.6) is 0 Å². The van der Waals surface area contributed by atoms with E-state index in [1.165, 1.54) is 18.7 Å². The Morgan fingerprint density at radius 1 is 1.19 bits per heavy atom. The first-order valence-electron chi connectivity index (χ1n) is 9.98. The number of benzene rings is 2. The van der Waals surface area contributed by atoms with E-state index in [9.17, 15) is 14.4 Å². The molecule has 3 rings (SSSR count). The summed E-state index contributed by atoms with van der Waals surface area (Å²) in [5.74, 6) is 0.174. The molecule has 0 saturated carbocycles. The lowest BCUT2D eigenvalue weighted by Gasteiger charge is -2.14. The Kier molecular flexibility index (Phi) is 7.51. The van der Waals surface area contributed by atoms with Gasteiger partial charge in [-0.1, -0.05) is 49.3 Å². The quantitative estimate of drug-likeness (QED) is 0.291. The van der Waals surface area contributed by atoms with Crippen molar-refractivity contribution in [1.82, 2.24) is 9.55 Å². The normalized spacial score (nSPS) is 11.1. The molecule has 2 aromatic carbocycles. The van der Waals surface area contributed by atoms with Crippen molar-refractivity contribution in [2.24, 2.45) is 5.92 Å². The molecular weight excluding hydrogens is 434 g/mol. The van der Waals surface area contributed by atoms with E-state index < -0.39 is 0 Å². The predicted octanol–water partition coefficient (Wildman–Crippen LogP) is 5.03. The number of nitrogens with zero attached hydrogens (tertiary/aromatic N) is 2. The van der Waals surface area contributed by atoms with Crippen LogP contribution in [0.1, 0.15) is 37.6 Å². The number of hydrogen-bond donors (Lipinski definition) is 1. The highest BCUT2D eigenvalue weighted by Gasteiger charge is 2.14. The van der Waals surface area contributed by atoms with E-state index in [-0.39, 0.29) is 23.0 Å². The molecule has 0 aliphatic heterocycles. The lowest BCUT2D eigenvalue weighted by atomic mass is 10.1. The number of thioether (sulfide) groups is 1. The summed E-state index contributed by atoms with van der Waals surface area (Å²) in [5.41, 5.74) is 1.45. The molecule has 6 nitrogen and oxygen atoms in total. The van der Waals surface area contributed by atoms with Crippen LogP contribution in [0.25, 0.3) is 10.9 Å². The Bertz CT molecular complexity index is 1190. The molecule has 0 atom stereocenters. The maximum atomic E-state index is 13.0. The molecule has 0 saturated heterocycles. The van der Waals surface area contributed by atoms with Gasteiger partial charge in [0.1, 0.15) is 0 Å². The average molecular weight is 458 g/mol.